The maximum Gasteiger partial charge on any atom is 0.341 e. The van der Waals surface area contributed by atoms with Crippen LogP contribution < -0.4 is 15.5 Å². The molecule has 0 spiro atoms. The van der Waals surface area contributed by atoms with Crippen LogP contribution in [0.3, 0.4) is 0 Å². The lowest BCUT2D eigenvalue weighted by atomic mass is 10.2. The lowest BCUT2D eigenvalue weighted by molar-refractivity contribution is -0.139. The first-order valence-corrected chi connectivity index (χ1v) is 7.29. The average Bonchev–Trinajstić information content (AvgIpc) is 2.60. The highest BCUT2D eigenvalue weighted by Gasteiger charge is 2.00. The molecule has 2 aromatic carbocycles. The van der Waals surface area contributed by atoms with Crippen molar-refractivity contribution >= 4 is 23.8 Å². The van der Waals surface area contributed by atoms with Crippen molar-refractivity contribution in [3.8, 4) is 5.75 Å². The zero-order valence-corrected chi connectivity index (χ0v) is 13.1. The quantitative estimate of drug-likeness (QED) is 0.501. The second-order valence-corrected chi connectivity index (χ2v) is 4.91. The number of carbonyl (C=O) groups is 2. The number of hydrogen-bond acceptors (Lipinski definition) is 5. The normalized spacial score (nSPS) is 10.4. The Morgan fingerprint density at radius 1 is 1.12 bits per heavy atom. The Morgan fingerprint density at radius 2 is 1.80 bits per heavy atom. The van der Waals surface area contributed by atoms with E-state index in [1.165, 1.54) is 30.5 Å². The van der Waals surface area contributed by atoms with Gasteiger partial charge in [-0.15, -0.1) is 0 Å². The number of carboxylic acid groups (broad SMARTS) is 1. The molecule has 2 aromatic rings. The molecule has 0 aliphatic carbocycles. The molecule has 1 amide bonds. The van der Waals surface area contributed by atoms with E-state index < -0.39 is 12.6 Å². The van der Waals surface area contributed by atoms with Crippen LogP contribution in [0.25, 0.3) is 0 Å². The summed E-state index contributed by atoms with van der Waals surface area (Å²) in [6.07, 6.45) is 1.44. The minimum atomic E-state index is -1.05. The van der Waals surface area contributed by atoms with Gasteiger partial charge in [-0.2, -0.15) is 5.10 Å². The SMILES string of the molecule is O=C(O)COc1ccc(/C=N\NC(=O)CNc2ccc(F)cc2)cc1. The Balaban J connectivity index is 1.74. The molecule has 0 saturated heterocycles. The maximum atomic E-state index is 12.8. The summed E-state index contributed by atoms with van der Waals surface area (Å²) in [5, 5.41) is 15.2. The number of anilines is 1. The molecule has 0 bridgehead atoms. The van der Waals surface area contributed by atoms with Crippen LogP contribution in [-0.4, -0.2) is 36.3 Å². The van der Waals surface area contributed by atoms with E-state index >= 15 is 0 Å². The number of carbonyl (C=O) groups excluding carboxylic acids is 1. The van der Waals surface area contributed by atoms with E-state index in [1.54, 1.807) is 24.3 Å². The Kier molecular flexibility index (Phi) is 6.47. The van der Waals surface area contributed by atoms with Gasteiger partial charge in [0.25, 0.3) is 5.91 Å². The van der Waals surface area contributed by atoms with E-state index in [2.05, 4.69) is 15.8 Å². The number of ether oxygens (including phenoxy) is 1. The Labute approximate surface area is 143 Å². The fourth-order valence-electron chi connectivity index (χ4n) is 1.76. The fourth-order valence-corrected chi connectivity index (χ4v) is 1.76. The summed E-state index contributed by atoms with van der Waals surface area (Å²) in [6, 6.07) is 12.2. The third kappa shape index (κ3) is 6.69. The summed E-state index contributed by atoms with van der Waals surface area (Å²) in [5.41, 5.74) is 3.68. The largest absolute Gasteiger partial charge is 0.482 e. The van der Waals surface area contributed by atoms with Crippen LogP contribution in [0.15, 0.2) is 53.6 Å². The van der Waals surface area contributed by atoms with E-state index in [4.69, 9.17) is 9.84 Å². The Bertz CT molecular complexity index is 745. The predicted molar refractivity (Wildman–Crippen MR) is 90.2 cm³/mol. The van der Waals surface area contributed by atoms with Crippen LogP contribution in [0.5, 0.6) is 5.75 Å². The summed E-state index contributed by atoms with van der Waals surface area (Å²) in [4.78, 5) is 22.0. The maximum absolute atomic E-state index is 12.8. The van der Waals surface area contributed by atoms with Crippen LogP contribution in [0, 0.1) is 5.82 Å². The van der Waals surface area contributed by atoms with Gasteiger partial charge in [0.2, 0.25) is 0 Å². The van der Waals surface area contributed by atoms with Gasteiger partial charge in [0.05, 0.1) is 12.8 Å². The van der Waals surface area contributed by atoms with E-state index in [9.17, 15) is 14.0 Å². The number of rotatable bonds is 8. The van der Waals surface area contributed by atoms with Crippen molar-refractivity contribution in [2.75, 3.05) is 18.5 Å². The summed E-state index contributed by atoms with van der Waals surface area (Å²) in [6.45, 7) is -0.421. The van der Waals surface area contributed by atoms with Crippen LogP contribution in [0.4, 0.5) is 10.1 Å². The topological polar surface area (TPSA) is 100 Å². The molecule has 130 valence electrons. The van der Waals surface area contributed by atoms with Crippen LogP contribution in [-0.2, 0) is 9.59 Å². The second-order valence-electron chi connectivity index (χ2n) is 4.91. The molecule has 7 nitrogen and oxygen atoms in total. The van der Waals surface area contributed by atoms with Crippen molar-refractivity contribution < 1.29 is 23.8 Å². The van der Waals surface area contributed by atoms with E-state index in [1.807, 2.05) is 0 Å². The van der Waals surface area contributed by atoms with E-state index in [0.29, 0.717) is 17.0 Å². The molecular formula is C17H16FN3O4. The second kappa shape index (κ2) is 9.02. The smallest absolute Gasteiger partial charge is 0.341 e. The van der Waals surface area contributed by atoms with Crippen molar-refractivity contribution in [3.63, 3.8) is 0 Å². The number of aliphatic carboxylic acids is 1. The molecule has 0 fully saturated rings. The number of halogens is 1. The third-order valence-corrected chi connectivity index (χ3v) is 2.94. The molecule has 0 saturated carbocycles. The fraction of sp³-hybridized carbons (Fsp3) is 0.118. The van der Waals surface area contributed by atoms with E-state index in [0.717, 1.165) is 0 Å². The van der Waals surface area contributed by atoms with Crippen LogP contribution in [0.2, 0.25) is 0 Å². The van der Waals surface area contributed by atoms with Gasteiger partial charge in [0.15, 0.2) is 6.61 Å². The standard InChI is InChI=1S/C17H16FN3O4/c18-13-3-5-14(6-4-13)19-10-16(22)21-20-9-12-1-7-15(8-2-12)25-11-17(23)24/h1-9,19H,10-11H2,(H,21,22)(H,23,24)/b20-9-. The number of hydrazone groups is 1. The molecule has 2 rings (SSSR count). The first-order chi connectivity index (χ1) is 12.0. The highest BCUT2D eigenvalue weighted by atomic mass is 19.1. The predicted octanol–water partition coefficient (Wildman–Crippen LogP) is 1.85. The van der Waals surface area contributed by atoms with Gasteiger partial charge in [-0.3, -0.25) is 4.79 Å². The van der Waals surface area contributed by atoms with Crippen LogP contribution in [0.1, 0.15) is 5.56 Å². The summed E-state index contributed by atoms with van der Waals surface area (Å²) >= 11 is 0. The third-order valence-electron chi connectivity index (χ3n) is 2.94. The number of benzene rings is 2. The zero-order chi connectivity index (χ0) is 18.1. The van der Waals surface area contributed by atoms with Gasteiger partial charge < -0.3 is 15.2 Å². The molecule has 3 N–H and O–H groups in total. The van der Waals surface area contributed by atoms with Crippen molar-refractivity contribution in [2.45, 2.75) is 0 Å². The molecule has 0 aliphatic rings. The lowest BCUT2D eigenvalue weighted by Crippen LogP contribution is -2.25. The molecule has 0 radical (unpaired) electrons. The molecule has 0 atom stereocenters. The van der Waals surface area contributed by atoms with E-state index in [-0.39, 0.29) is 18.3 Å². The first-order valence-electron chi connectivity index (χ1n) is 7.29. The number of nitrogens with zero attached hydrogens (tertiary/aromatic N) is 1. The van der Waals surface area contributed by atoms with Crippen molar-refractivity contribution in [1.29, 1.82) is 0 Å². The highest BCUT2D eigenvalue weighted by molar-refractivity contribution is 5.84. The summed E-state index contributed by atoms with van der Waals surface area (Å²) in [7, 11) is 0. The minimum absolute atomic E-state index is 0.00899. The van der Waals surface area contributed by atoms with Gasteiger partial charge in [0.1, 0.15) is 11.6 Å². The Morgan fingerprint density at radius 3 is 2.44 bits per heavy atom. The molecule has 8 heteroatoms. The summed E-state index contributed by atoms with van der Waals surface area (Å²) < 4.78 is 17.8. The molecule has 0 aromatic heterocycles. The van der Waals surface area contributed by atoms with Gasteiger partial charge in [-0.05, 0) is 54.1 Å². The number of carboxylic acids is 1. The number of amides is 1. The molecule has 0 unspecified atom stereocenters. The zero-order valence-electron chi connectivity index (χ0n) is 13.1. The molecule has 0 aliphatic heterocycles. The minimum Gasteiger partial charge on any atom is -0.482 e. The van der Waals surface area contributed by atoms with Gasteiger partial charge in [-0.1, -0.05) is 0 Å². The van der Waals surface area contributed by atoms with Gasteiger partial charge >= 0.3 is 5.97 Å². The summed E-state index contributed by atoms with van der Waals surface area (Å²) in [5.74, 6) is -1.34. The number of nitrogens with one attached hydrogen (secondary N) is 2. The number of hydrogen-bond donors (Lipinski definition) is 3. The monoisotopic (exact) mass is 345 g/mol. The van der Waals surface area contributed by atoms with Crippen molar-refractivity contribution in [2.24, 2.45) is 5.10 Å². The lowest BCUT2D eigenvalue weighted by Gasteiger charge is -2.05. The van der Waals surface area contributed by atoms with Crippen LogP contribution >= 0.6 is 0 Å². The average molecular weight is 345 g/mol. The highest BCUT2D eigenvalue weighted by Crippen LogP contribution is 2.11. The molecule has 0 heterocycles. The molecule has 25 heavy (non-hydrogen) atoms. The first kappa shape index (κ1) is 17.9. The van der Waals surface area contributed by atoms with Gasteiger partial charge in [0, 0.05) is 5.69 Å². The molecular weight excluding hydrogens is 329 g/mol. The van der Waals surface area contributed by atoms with Gasteiger partial charge in [-0.25, -0.2) is 14.6 Å². The van der Waals surface area contributed by atoms with Crippen molar-refractivity contribution in [3.05, 3.63) is 59.9 Å². The Hall–Kier alpha value is -3.42. The van der Waals surface area contributed by atoms with Crippen molar-refractivity contribution in [1.82, 2.24) is 5.43 Å².